The number of benzene rings is 1. The normalized spacial score (nSPS) is 14.5. The summed E-state index contributed by atoms with van der Waals surface area (Å²) in [7, 11) is 0. The molecule has 0 aliphatic carbocycles. The van der Waals surface area contributed by atoms with Crippen LogP contribution in [0, 0.1) is 0 Å². The monoisotopic (exact) mass is 480 g/mol. The first-order valence-corrected chi connectivity index (χ1v) is 32.4. The van der Waals surface area contributed by atoms with Crippen LogP contribution in [-0.4, -0.2) is 57.8 Å². The summed E-state index contributed by atoms with van der Waals surface area (Å²) in [6.07, 6.45) is 0. The maximum atomic E-state index is 2.61. The van der Waals surface area contributed by atoms with Crippen molar-refractivity contribution in [3.8, 4) is 0 Å². The summed E-state index contributed by atoms with van der Waals surface area (Å²) in [6, 6.07) is 11.4. The van der Waals surface area contributed by atoms with Gasteiger partial charge >= 0.3 is 132 Å². The SMILES string of the molecule is [CH3][GeH2][CH2][CH2][GeH2][CH2][C](C)(C)[GeH2][GeH2][c]1ccccc1. The molecule has 1 aromatic rings. The molecule has 0 atom stereocenters. The zero-order valence-corrected chi connectivity index (χ0v) is 23.7. The van der Waals surface area contributed by atoms with E-state index in [-0.39, 0.29) is 57.8 Å². The topological polar surface area (TPSA) is 0 Å². The Labute approximate surface area is 131 Å². The molecule has 4 heteroatoms. The molecule has 0 nitrogen and oxygen atoms in total. The zero-order chi connectivity index (χ0) is 12.6. The first-order chi connectivity index (χ1) is 8.14. The van der Waals surface area contributed by atoms with Gasteiger partial charge in [-0.2, -0.15) is 0 Å². The third-order valence-corrected chi connectivity index (χ3v) is 49.4. The quantitative estimate of drug-likeness (QED) is 0.378. The van der Waals surface area contributed by atoms with Crippen LogP contribution in [-0.2, 0) is 0 Å². The predicted octanol–water partition coefficient (Wildman–Crippen LogP) is 0.404. The van der Waals surface area contributed by atoms with Gasteiger partial charge in [-0.05, 0) is 0 Å². The molecule has 0 bridgehead atoms. The van der Waals surface area contributed by atoms with Crippen LogP contribution in [0.1, 0.15) is 13.8 Å². The second-order valence-corrected chi connectivity index (χ2v) is 32.3. The van der Waals surface area contributed by atoms with Crippen molar-refractivity contribution in [2.24, 2.45) is 0 Å². The summed E-state index contributed by atoms with van der Waals surface area (Å²) in [6.45, 7) is 5.22. The second-order valence-electron chi connectivity index (χ2n) is 5.96. The molecule has 1 rings (SSSR count). The van der Waals surface area contributed by atoms with E-state index in [1.807, 2.05) is 0 Å². The summed E-state index contributed by atoms with van der Waals surface area (Å²) in [5.41, 5.74) is 0. The molecule has 0 amide bonds. The van der Waals surface area contributed by atoms with Gasteiger partial charge in [-0.15, -0.1) is 0 Å². The van der Waals surface area contributed by atoms with Crippen LogP contribution in [0.4, 0.5) is 0 Å². The van der Waals surface area contributed by atoms with E-state index in [1.54, 1.807) is 20.2 Å². The van der Waals surface area contributed by atoms with Crippen LogP contribution in [0.5, 0.6) is 0 Å². The van der Waals surface area contributed by atoms with E-state index in [1.165, 1.54) is 0 Å². The van der Waals surface area contributed by atoms with E-state index in [4.69, 9.17) is 0 Å². The molecule has 0 N–H and O–H groups in total. The summed E-state index contributed by atoms with van der Waals surface area (Å²) in [5, 5.41) is 5.16. The number of rotatable bonds is 8. The molecule has 0 saturated heterocycles. The van der Waals surface area contributed by atoms with Crippen molar-refractivity contribution in [2.75, 3.05) is 0 Å². The van der Waals surface area contributed by atoms with E-state index >= 15 is 0 Å². The van der Waals surface area contributed by atoms with Gasteiger partial charge in [0.25, 0.3) is 0 Å². The Morgan fingerprint density at radius 2 is 1.76 bits per heavy atom. The molecule has 0 aromatic heterocycles. The fourth-order valence-electron chi connectivity index (χ4n) is 2.28. The predicted molar refractivity (Wildman–Crippen MR) is 94.6 cm³/mol. The Kier molecular flexibility index (Phi) is 9.02. The van der Waals surface area contributed by atoms with Gasteiger partial charge in [0.1, 0.15) is 0 Å². The van der Waals surface area contributed by atoms with Crippen molar-refractivity contribution < 1.29 is 0 Å². The zero-order valence-electron chi connectivity index (χ0n) is 11.8. The van der Waals surface area contributed by atoms with E-state index < -0.39 is 0 Å². The fourth-order valence-corrected chi connectivity index (χ4v) is 53.5. The molecule has 0 spiro atoms. The van der Waals surface area contributed by atoms with Crippen LogP contribution in [0.3, 0.4) is 0 Å². The van der Waals surface area contributed by atoms with E-state index in [0.717, 1.165) is 4.25 Å². The van der Waals surface area contributed by atoms with Crippen LogP contribution in [0.15, 0.2) is 30.3 Å². The second kappa shape index (κ2) is 9.32. The van der Waals surface area contributed by atoms with Gasteiger partial charge in [0.2, 0.25) is 0 Å². The minimum atomic E-state index is -0.273. The maximum absolute atomic E-state index is 2.61. The summed E-state index contributed by atoms with van der Waals surface area (Å²) in [4.78, 5) is 0. The van der Waals surface area contributed by atoms with Gasteiger partial charge < -0.3 is 0 Å². The van der Waals surface area contributed by atoms with Gasteiger partial charge in [0, 0.05) is 0 Å². The number of hydrogen-bond donors (Lipinski definition) is 0. The molecule has 17 heavy (non-hydrogen) atoms. The van der Waals surface area contributed by atoms with E-state index in [2.05, 4.69) is 49.9 Å². The van der Waals surface area contributed by atoms with Crippen molar-refractivity contribution in [3.63, 3.8) is 0 Å². The average Bonchev–Trinajstić information content (AvgIpc) is 2.34. The molecule has 1 aromatic carbocycles. The van der Waals surface area contributed by atoms with Crippen molar-refractivity contribution in [2.45, 2.75) is 39.6 Å². The van der Waals surface area contributed by atoms with Gasteiger partial charge in [-0.3, -0.25) is 0 Å². The fraction of sp³-hybridized carbons (Fsp3) is 0.538. The van der Waals surface area contributed by atoms with E-state index in [9.17, 15) is 0 Å². The van der Waals surface area contributed by atoms with Crippen molar-refractivity contribution in [1.29, 1.82) is 0 Å². The Bertz CT molecular complexity index is 298. The molecule has 0 fully saturated rings. The molecule has 0 heterocycles. The van der Waals surface area contributed by atoms with Crippen LogP contribution >= 0.6 is 0 Å². The molecule has 0 saturated carbocycles. The average molecular weight is 475 g/mol. The first kappa shape index (κ1) is 16.4. The number of hydrogen-bond acceptors (Lipinski definition) is 0. The summed E-state index contributed by atoms with van der Waals surface area (Å²) >= 11 is -0.568. The van der Waals surface area contributed by atoms with Gasteiger partial charge in [-0.1, -0.05) is 0 Å². The standard InChI is InChI=1S/C13H28Ge4/c1-13(2,11-15-10-9-14-3)17-16-12-7-5-4-6-8-12/h4-8H,9-11,14-17H2,1-3H3. The summed E-state index contributed by atoms with van der Waals surface area (Å²) in [5.74, 6) is 2.52. The Morgan fingerprint density at radius 3 is 2.41 bits per heavy atom. The Hall–Kier alpha value is 1.39. The van der Waals surface area contributed by atoms with Crippen LogP contribution in [0.25, 0.3) is 0 Å². The molecule has 0 aliphatic heterocycles. The molecule has 96 valence electrons. The van der Waals surface area contributed by atoms with E-state index in [0.29, 0.717) is 0 Å². The summed E-state index contributed by atoms with van der Waals surface area (Å²) < 4.78 is 2.66. The molecule has 0 aliphatic rings. The third kappa shape index (κ3) is 8.22. The van der Waals surface area contributed by atoms with Crippen LogP contribution < -0.4 is 4.40 Å². The molecular weight excluding hydrogens is 447 g/mol. The van der Waals surface area contributed by atoms with Gasteiger partial charge in [-0.25, -0.2) is 0 Å². The van der Waals surface area contributed by atoms with Crippen molar-refractivity contribution >= 4 is 62.2 Å². The Morgan fingerprint density at radius 1 is 1.06 bits per heavy atom. The van der Waals surface area contributed by atoms with Gasteiger partial charge in [0.15, 0.2) is 0 Å². The molecule has 0 unspecified atom stereocenters. The van der Waals surface area contributed by atoms with Crippen LogP contribution in [0.2, 0.25) is 25.8 Å². The van der Waals surface area contributed by atoms with Crippen molar-refractivity contribution in [1.82, 2.24) is 0 Å². The Balaban J connectivity index is 2.24. The molecule has 0 radical (unpaired) electrons. The molecular formula is C13H28Ge4. The minimum absolute atomic E-state index is 0.00610. The first-order valence-electron chi connectivity index (χ1n) is 7.18. The van der Waals surface area contributed by atoms with Crippen molar-refractivity contribution in [3.05, 3.63) is 30.3 Å². The third-order valence-electron chi connectivity index (χ3n) is 3.64. The van der Waals surface area contributed by atoms with Gasteiger partial charge in [0.05, 0.1) is 0 Å².